The number of ether oxygens (including phenoxy) is 1. The maximum Gasteiger partial charge on any atom is 0.328 e. The van der Waals surface area contributed by atoms with Crippen LogP contribution >= 0.6 is 11.6 Å². The largest absolute Gasteiger partial charge is 0.484 e. The first-order chi connectivity index (χ1) is 12.5. The van der Waals surface area contributed by atoms with Crippen LogP contribution < -0.4 is 15.9 Å². The number of aryl methyl sites for hydroxylation is 2. The SMILES string of the molecule is Cn1c(=O)n(C)c2cc(/C=N\NC(=O)COc3ccc(Cl)cc3)ccc21. The summed E-state index contributed by atoms with van der Waals surface area (Å²) >= 11 is 5.78. The molecule has 0 bridgehead atoms. The van der Waals surface area contributed by atoms with E-state index in [0.29, 0.717) is 10.8 Å². The number of benzene rings is 2. The van der Waals surface area contributed by atoms with Crippen molar-refractivity contribution in [2.24, 2.45) is 19.2 Å². The Labute approximate surface area is 154 Å². The van der Waals surface area contributed by atoms with Gasteiger partial charge in [-0.25, -0.2) is 10.2 Å². The molecule has 2 aromatic carbocycles. The lowest BCUT2D eigenvalue weighted by Crippen LogP contribution is -2.24. The van der Waals surface area contributed by atoms with Crippen molar-refractivity contribution in [3.8, 4) is 5.75 Å². The summed E-state index contributed by atoms with van der Waals surface area (Å²) in [5.74, 6) is 0.161. The molecule has 0 aliphatic carbocycles. The molecule has 8 heteroatoms. The van der Waals surface area contributed by atoms with Crippen LogP contribution in [0.25, 0.3) is 11.0 Å². The molecule has 7 nitrogen and oxygen atoms in total. The van der Waals surface area contributed by atoms with Crippen LogP contribution in [0.5, 0.6) is 5.75 Å². The first kappa shape index (κ1) is 17.8. The maximum atomic E-state index is 11.9. The number of aromatic nitrogens is 2. The van der Waals surface area contributed by atoms with E-state index in [-0.39, 0.29) is 18.2 Å². The molecule has 134 valence electrons. The van der Waals surface area contributed by atoms with Crippen LogP contribution in [0.4, 0.5) is 0 Å². The molecule has 1 amide bonds. The van der Waals surface area contributed by atoms with Gasteiger partial charge in [0.2, 0.25) is 0 Å². The Morgan fingerprint density at radius 3 is 2.58 bits per heavy atom. The summed E-state index contributed by atoms with van der Waals surface area (Å²) in [6, 6.07) is 12.2. The second-order valence-corrected chi connectivity index (χ2v) is 6.12. The summed E-state index contributed by atoms with van der Waals surface area (Å²) in [7, 11) is 3.43. The van der Waals surface area contributed by atoms with Crippen molar-refractivity contribution in [3.05, 3.63) is 63.5 Å². The van der Waals surface area contributed by atoms with E-state index in [9.17, 15) is 9.59 Å². The third-order valence-corrected chi connectivity index (χ3v) is 4.13. The first-order valence-electron chi connectivity index (χ1n) is 7.81. The fraction of sp³-hybridized carbons (Fsp3) is 0.167. The quantitative estimate of drug-likeness (QED) is 0.550. The van der Waals surface area contributed by atoms with E-state index in [1.807, 2.05) is 18.2 Å². The molecule has 0 saturated carbocycles. The number of rotatable bonds is 5. The Bertz CT molecular complexity index is 1040. The molecule has 3 rings (SSSR count). The highest BCUT2D eigenvalue weighted by molar-refractivity contribution is 6.30. The lowest BCUT2D eigenvalue weighted by atomic mass is 10.2. The Balaban J connectivity index is 1.60. The van der Waals surface area contributed by atoms with Gasteiger partial charge in [-0.2, -0.15) is 5.10 Å². The predicted molar refractivity (Wildman–Crippen MR) is 101 cm³/mol. The summed E-state index contributed by atoms with van der Waals surface area (Å²) in [6.45, 7) is -0.162. The van der Waals surface area contributed by atoms with Gasteiger partial charge in [-0.3, -0.25) is 13.9 Å². The Morgan fingerprint density at radius 2 is 1.85 bits per heavy atom. The molecular formula is C18H17ClN4O3. The van der Waals surface area contributed by atoms with E-state index < -0.39 is 0 Å². The number of hydrazone groups is 1. The van der Waals surface area contributed by atoms with Crippen molar-refractivity contribution in [2.45, 2.75) is 0 Å². The van der Waals surface area contributed by atoms with Crippen LogP contribution in [0.2, 0.25) is 5.02 Å². The second-order valence-electron chi connectivity index (χ2n) is 5.68. The van der Waals surface area contributed by atoms with Crippen molar-refractivity contribution in [3.63, 3.8) is 0 Å². The summed E-state index contributed by atoms with van der Waals surface area (Å²) in [5.41, 5.74) is 4.68. The first-order valence-corrected chi connectivity index (χ1v) is 8.19. The number of imidazole rings is 1. The molecule has 0 unspecified atom stereocenters. The lowest BCUT2D eigenvalue weighted by molar-refractivity contribution is -0.123. The summed E-state index contributed by atoms with van der Waals surface area (Å²) in [4.78, 5) is 23.7. The number of amides is 1. The van der Waals surface area contributed by atoms with E-state index in [2.05, 4.69) is 10.5 Å². The zero-order valence-corrected chi connectivity index (χ0v) is 15.0. The number of fused-ring (bicyclic) bond motifs is 1. The van der Waals surface area contributed by atoms with Gasteiger partial charge >= 0.3 is 5.69 Å². The molecule has 26 heavy (non-hydrogen) atoms. The van der Waals surface area contributed by atoms with Crippen molar-refractivity contribution >= 4 is 34.8 Å². The van der Waals surface area contributed by atoms with Crippen LogP contribution in [-0.2, 0) is 18.9 Å². The van der Waals surface area contributed by atoms with E-state index >= 15 is 0 Å². The maximum absolute atomic E-state index is 11.9. The smallest absolute Gasteiger partial charge is 0.328 e. The lowest BCUT2D eigenvalue weighted by Gasteiger charge is -2.04. The van der Waals surface area contributed by atoms with Crippen LogP contribution in [0.15, 0.2) is 52.4 Å². The topological polar surface area (TPSA) is 77.6 Å². The minimum absolute atomic E-state index is 0.0956. The van der Waals surface area contributed by atoms with Gasteiger partial charge in [0.15, 0.2) is 6.61 Å². The molecule has 0 aliphatic rings. The van der Waals surface area contributed by atoms with Gasteiger partial charge in [0.05, 0.1) is 17.2 Å². The van der Waals surface area contributed by atoms with Crippen molar-refractivity contribution in [1.82, 2.24) is 14.6 Å². The van der Waals surface area contributed by atoms with Gasteiger partial charge in [-0.15, -0.1) is 0 Å². The number of hydrogen-bond donors (Lipinski definition) is 1. The number of carbonyl (C=O) groups excluding carboxylic acids is 1. The zero-order chi connectivity index (χ0) is 18.7. The van der Waals surface area contributed by atoms with E-state index in [0.717, 1.165) is 16.6 Å². The third kappa shape index (κ3) is 3.78. The molecule has 1 N–H and O–H groups in total. The number of halogens is 1. The predicted octanol–water partition coefficient (Wildman–Crippen LogP) is 2.06. The monoisotopic (exact) mass is 372 g/mol. The molecule has 1 heterocycles. The highest BCUT2D eigenvalue weighted by atomic mass is 35.5. The molecule has 0 saturated heterocycles. The van der Waals surface area contributed by atoms with E-state index in [4.69, 9.17) is 16.3 Å². The Kier molecular flexibility index (Phi) is 5.09. The molecule has 0 fully saturated rings. The van der Waals surface area contributed by atoms with Gasteiger partial charge in [0, 0.05) is 19.1 Å². The molecule has 0 radical (unpaired) electrons. The van der Waals surface area contributed by atoms with Crippen molar-refractivity contribution < 1.29 is 9.53 Å². The average molecular weight is 373 g/mol. The third-order valence-electron chi connectivity index (χ3n) is 3.88. The van der Waals surface area contributed by atoms with E-state index in [1.165, 1.54) is 6.21 Å². The van der Waals surface area contributed by atoms with Gasteiger partial charge in [0.25, 0.3) is 5.91 Å². The van der Waals surface area contributed by atoms with Crippen LogP contribution in [0, 0.1) is 0 Å². The zero-order valence-electron chi connectivity index (χ0n) is 14.3. The molecule has 0 spiro atoms. The fourth-order valence-corrected chi connectivity index (χ4v) is 2.62. The van der Waals surface area contributed by atoms with Crippen molar-refractivity contribution in [2.75, 3.05) is 6.61 Å². The number of hydrogen-bond acceptors (Lipinski definition) is 4. The second kappa shape index (κ2) is 7.45. The molecule has 3 aromatic rings. The molecular weight excluding hydrogens is 356 g/mol. The number of nitrogens with one attached hydrogen (secondary N) is 1. The number of nitrogens with zero attached hydrogens (tertiary/aromatic N) is 3. The van der Waals surface area contributed by atoms with Gasteiger partial charge in [-0.1, -0.05) is 17.7 Å². The summed E-state index contributed by atoms with van der Waals surface area (Å²) < 4.78 is 8.47. The summed E-state index contributed by atoms with van der Waals surface area (Å²) in [5, 5.41) is 4.51. The molecule has 0 aliphatic heterocycles. The normalized spacial score (nSPS) is 11.2. The van der Waals surface area contributed by atoms with Crippen molar-refractivity contribution in [1.29, 1.82) is 0 Å². The standard InChI is InChI=1S/C18H17ClN4O3/c1-22-15-8-3-12(9-16(15)23(2)18(22)25)10-20-21-17(24)11-26-14-6-4-13(19)5-7-14/h3-10H,11H2,1-2H3,(H,21,24)/b20-10-. The Hall–Kier alpha value is -3.06. The van der Waals surface area contributed by atoms with Gasteiger partial charge in [-0.05, 0) is 42.0 Å². The van der Waals surface area contributed by atoms with E-state index in [1.54, 1.807) is 47.5 Å². The average Bonchev–Trinajstić information content (AvgIpc) is 2.85. The minimum Gasteiger partial charge on any atom is -0.484 e. The van der Waals surface area contributed by atoms with Crippen LogP contribution in [-0.4, -0.2) is 27.9 Å². The van der Waals surface area contributed by atoms with Gasteiger partial charge < -0.3 is 4.74 Å². The van der Waals surface area contributed by atoms with Gasteiger partial charge in [0.1, 0.15) is 5.75 Å². The Morgan fingerprint density at radius 1 is 1.15 bits per heavy atom. The van der Waals surface area contributed by atoms with Crippen LogP contribution in [0.1, 0.15) is 5.56 Å². The minimum atomic E-state index is -0.385. The summed E-state index contributed by atoms with van der Waals surface area (Å²) in [6.07, 6.45) is 1.51. The fourth-order valence-electron chi connectivity index (χ4n) is 2.49. The van der Waals surface area contributed by atoms with Crippen LogP contribution in [0.3, 0.4) is 0 Å². The highest BCUT2D eigenvalue weighted by Gasteiger charge is 2.07. The highest BCUT2D eigenvalue weighted by Crippen LogP contribution is 2.15. The molecule has 0 atom stereocenters. The number of carbonyl (C=O) groups is 1. The molecule has 1 aromatic heterocycles.